The van der Waals surface area contributed by atoms with Gasteiger partial charge in [-0.25, -0.2) is 4.39 Å². The predicted octanol–water partition coefficient (Wildman–Crippen LogP) is 3.57. The van der Waals surface area contributed by atoms with Gasteiger partial charge in [-0.3, -0.25) is 4.79 Å². The maximum Gasteiger partial charge on any atom is 0.244 e. The molecule has 1 atom stereocenters. The highest BCUT2D eigenvalue weighted by Gasteiger charge is 2.58. The van der Waals surface area contributed by atoms with Gasteiger partial charge < -0.3 is 15.8 Å². The number of thioether (sulfide) groups is 1. The number of anilines is 1. The molecule has 1 spiro atoms. The van der Waals surface area contributed by atoms with E-state index in [2.05, 4.69) is 11.4 Å². The largest absolute Gasteiger partial charge is 0.440 e. The van der Waals surface area contributed by atoms with Crippen LogP contribution in [0.1, 0.15) is 16.7 Å². The average molecular weight is 391 g/mol. The number of para-hydroxylation sites is 1. The number of nitrogens with zero attached hydrogens (tertiary/aromatic N) is 1. The van der Waals surface area contributed by atoms with Gasteiger partial charge >= 0.3 is 0 Å². The Kier molecular flexibility index (Phi) is 3.40. The van der Waals surface area contributed by atoms with E-state index >= 15 is 0 Å². The molecule has 0 bridgehead atoms. The third-order valence-electron chi connectivity index (χ3n) is 5.47. The molecule has 0 radical (unpaired) electrons. The van der Waals surface area contributed by atoms with Gasteiger partial charge in [0.15, 0.2) is 0 Å². The number of nitriles is 1. The molecule has 138 valence electrons. The van der Waals surface area contributed by atoms with Gasteiger partial charge in [0, 0.05) is 33.0 Å². The SMILES string of the molecule is Cc1cc2c(cc1F)SCC1=C2OC(N)=C(C#N)C12C(=O)Nc1ccccc12. The van der Waals surface area contributed by atoms with Crippen molar-refractivity contribution >= 4 is 29.1 Å². The van der Waals surface area contributed by atoms with Crippen LogP contribution < -0.4 is 11.1 Å². The van der Waals surface area contributed by atoms with E-state index in [0.717, 1.165) is 4.90 Å². The molecule has 28 heavy (non-hydrogen) atoms. The highest BCUT2D eigenvalue weighted by molar-refractivity contribution is 7.99. The molecule has 3 aliphatic heterocycles. The fourth-order valence-corrected chi connectivity index (χ4v) is 5.32. The zero-order valence-corrected chi connectivity index (χ0v) is 15.6. The number of rotatable bonds is 0. The van der Waals surface area contributed by atoms with Crippen molar-refractivity contribution < 1.29 is 13.9 Å². The molecular formula is C21H14FN3O2S. The highest BCUT2D eigenvalue weighted by atomic mass is 32.2. The standard InChI is InChI=1S/C21H14FN3O2S/c1-10-6-11-17(7-15(10)22)28-9-14-18(11)27-19(24)13(8-23)21(14)12-4-2-3-5-16(12)25-20(21)26/h2-7H,9,24H2,1H3,(H,25,26). The summed E-state index contributed by atoms with van der Waals surface area (Å²) in [5.41, 5.74) is 8.01. The van der Waals surface area contributed by atoms with Crippen LogP contribution in [0.4, 0.5) is 10.1 Å². The van der Waals surface area contributed by atoms with Crippen LogP contribution in [0.2, 0.25) is 0 Å². The Morgan fingerprint density at radius 3 is 2.93 bits per heavy atom. The summed E-state index contributed by atoms with van der Waals surface area (Å²) in [5.74, 6) is 0.0800. The van der Waals surface area contributed by atoms with Gasteiger partial charge in [0.2, 0.25) is 11.8 Å². The summed E-state index contributed by atoms with van der Waals surface area (Å²) in [6, 6.07) is 12.5. The van der Waals surface area contributed by atoms with Crippen LogP contribution in [-0.2, 0) is 14.9 Å². The normalized spacial score (nSPS) is 22.2. The number of fused-ring (bicyclic) bond motifs is 5. The lowest BCUT2D eigenvalue weighted by Gasteiger charge is -2.38. The minimum atomic E-state index is -1.34. The number of benzene rings is 2. The van der Waals surface area contributed by atoms with E-state index in [1.165, 1.54) is 17.8 Å². The lowest BCUT2D eigenvalue weighted by atomic mass is 9.68. The number of nitrogens with one attached hydrogen (secondary N) is 1. The van der Waals surface area contributed by atoms with Crippen LogP contribution in [0.5, 0.6) is 0 Å². The molecule has 0 fully saturated rings. The molecule has 3 heterocycles. The van der Waals surface area contributed by atoms with Crippen molar-refractivity contribution in [3.05, 3.63) is 75.9 Å². The zero-order valence-electron chi connectivity index (χ0n) is 14.8. The number of amides is 1. The molecule has 1 unspecified atom stereocenters. The minimum Gasteiger partial charge on any atom is -0.440 e. The van der Waals surface area contributed by atoms with E-state index in [-0.39, 0.29) is 23.2 Å². The maximum absolute atomic E-state index is 14.1. The van der Waals surface area contributed by atoms with Crippen molar-refractivity contribution in [1.29, 1.82) is 5.26 Å². The van der Waals surface area contributed by atoms with Crippen molar-refractivity contribution in [3.63, 3.8) is 0 Å². The summed E-state index contributed by atoms with van der Waals surface area (Å²) >= 11 is 1.42. The molecule has 0 aliphatic carbocycles. The van der Waals surface area contributed by atoms with Gasteiger partial charge in [-0.05, 0) is 30.7 Å². The van der Waals surface area contributed by atoms with Crippen molar-refractivity contribution in [2.24, 2.45) is 5.73 Å². The Morgan fingerprint density at radius 2 is 2.14 bits per heavy atom. The number of nitrogens with two attached hydrogens (primary N) is 1. The van der Waals surface area contributed by atoms with Gasteiger partial charge in [0.05, 0.1) is 0 Å². The third-order valence-corrected chi connectivity index (χ3v) is 6.55. The Hall–Kier alpha value is -3.24. The molecule has 1 amide bonds. The first-order valence-electron chi connectivity index (χ1n) is 8.64. The van der Waals surface area contributed by atoms with E-state index in [4.69, 9.17) is 10.5 Å². The molecule has 5 nitrogen and oxygen atoms in total. The fraction of sp³-hybridized carbons (Fsp3) is 0.143. The predicted molar refractivity (Wildman–Crippen MR) is 103 cm³/mol. The van der Waals surface area contributed by atoms with Gasteiger partial charge in [-0.1, -0.05) is 18.2 Å². The van der Waals surface area contributed by atoms with E-state index in [0.29, 0.717) is 39.5 Å². The molecule has 3 aliphatic rings. The monoisotopic (exact) mass is 391 g/mol. The van der Waals surface area contributed by atoms with E-state index in [1.807, 2.05) is 18.2 Å². The van der Waals surface area contributed by atoms with Gasteiger partial charge in [0.1, 0.15) is 28.6 Å². The highest BCUT2D eigenvalue weighted by Crippen LogP contribution is 2.56. The lowest BCUT2D eigenvalue weighted by molar-refractivity contribution is -0.118. The van der Waals surface area contributed by atoms with Crippen LogP contribution in [0.3, 0.4) is 0 Å². The van der Waals surface area contributed by atoms with Crippen LogP contribution in [0.15, 0.2) is 58.3 Å². The Balaban J connectivity index is 1.87. The summed E-state index contributed by atoms with van der Waals surface area (Å²) in [7, 11) is 0. The van der Waals surface area contributed by atoms with Gasteiger partial charge in [-0.15, -0.1) is 11.8 Å². The lowest BCUT2D eigenvalue weighted by Crippen LogP contribution is -2.44. The van der Waals surface area contributed by atoms with E-state index < -0.39 is 5.41 Å². The number of carbonyl (C=O) groups is 1. The first-order chi connectivity index (χ1) is 13.5. The van der Waals surface area contributed by atoms with Crippen molar-refractivity contribution in [2.45, 2.75) is 17.2 Å². The Bertz CT molecular complexity index is 1190. The van der Waals surface area contributed by atoms with Gasteiger partial charge in [-0.2, -0.15) is 5.26 Å². The first-order valence-corrected chi connectivity index (χ1v) is 9.63. The molecule has 3 N–H and O–H groups in total. The topological polar surface area (TPSA) is 88.1 Å². The molecular weight excluding hydrogens is 377 g/mol. The van der Waals surface area contributed by atoms with Crippen molar-refractivity contribution in [1.82, 2.24) is 0 Å². The van der Waals surface area contributed by atoms with Crippen LogP contribution >= 0.6 is 11.8 Å². The molecule has 0 saturated heterocycles. The second-order valence-electron chi connectivity index (χ2n) is 6.90. The zero-order chi connectivity index (χ0) is 19.6. The Labute approximate surface area is 164 Å². The second kappa shape index (κ2) is 5.63. The molecule has 7 heteroatoms. The third kappa shape index (κ3) is 1.93. The number of halogens is 1. The summed E-state index contributed by atoms with van der Waals surface area (Å²) in [6.07, 6.45) is 0. The number of hydrogen-bond acceptors (Lipinski definition) is 5. The summed E-state index contributed by atoms with van der Waals surface area (Å²) in [5, 5.41) is 12.8. The molecule has 2 aromatic carbocycles. The first kappa shape index (κ1) is 16.9. The maximum atomic E-state index is 14.1. The number of hydrogen-bond donors (Lipinski definition) is 2. The van der Waals surface area contributed by atoms with E-state index in [9.17, 15) is 14.4 Å². The molecule has 0 saturated carbocycles. The van der Waals surface area contributed by atoms with Crippen molar-refractivity contribution in [3.8, 4) is 6.07 Å². The number of carbonyl (C=O) groups excluding carboxylic acids is 1. The number of ether oxygens (including phenoxy) is 1. The van der Waals surface area contributed by atoms with Crippen LogP contribution in [0.25, 0.3) is 5.76 Å². The summed E-state index contributed by atoms with van der Waals surface area (Å²) in [6.45, 7) is 1.67. The Morgan fingerprint density at radius 1 is 1.36 bits per heavy atom. The molecule has 5 rings (SSSR count). The van der Waals surface area contributed by atoms with Crippen LogP contribution in [0, 0.1) is 24.1 Å². The van der Waals surface area contributed by atoms with Crippen molar-refractivity contribution in [2.75, 3.05) is 11.1 Å². The average Bonchev–Trinajstić information content (AvgIpc) is 2.96. The fourth-order valence-electron chi connectivity index (χ4n) is 4.17. The molecule has 0 aromatic heterocycles. The van der Waals surface area contributed by atoms with E-state index in [1.54, 1.807) is 19.1 Å². The smallest absolute Gasteiger partial charge is 0.244 e. The summed E-state index contributed by atoms with van der Waals surface area (Å²) in [4.78, 5) is 14.0. The molecule has 2 aromatic rings. The second-order valence-corrected chi connectivity index (χ2v) is 7.91. The minimum absolute atomic E-state index is 0.0802. The summed E-state index contributed by atoms with van der Waals surface area (Å²) < 4.78 is 19.9. The van der Waals surface area contributed by atoms with Gasteiger partial charge in [0.25, 0.3) is 0 Å². The quantitative estimate of drug-likeness (QED) is 0.717. The van der Waals surface area contributed by atoms with Crippen LogP contribution in [-0.4, -0.2) is 11.7 Å². The number of aryl methyl sites for hydroxylation is 1.